The van der Waals surface area contributed by atoms with Crippen LogP contribution in [0.1, 0.15) is 18.1 Å². The Morgan fingerprint density at radius 2 is 1.79 bits per heavy atom. The molecule has 0 heterocycles. The van der Waals surface area contributed by atoms with E-state index in [0.717, 1.165) is 17.9 Å². The maximum Gasteiger partial charge on any atom is 0.103 e. The first-order valence-corrected chi connectivity index (χ1v) is 6.58. The number of aryl methyl sites for hydroxylation is 1. The Morgan fingerprint density at radius 1 is 1.11 bits per heavy atom. The third kappa shape index (κ3) is 2.57. The molecule has 0 aromatic heterocycles. The summed E-state index contributed by atoms with van der Waals surface area (Å²) in [7, 11) is 0. The molecule has 2 nitrogen and oxygen atoms in total. The molecule has 96 valence electrons. The van der Waals surface area contributed by atoms with Crippen molar-refractivity contribution in [3.63, 3.8) is 0 Å². The summed E-state index contributed by atoms with van der Waals surface area (Å²) in [4.78, 5) is 2.11. The molecule has 0 spiro atoms. The number of nitriles is 1. The third-order valence-electron chi connectivity index (χ3n) is 3.12. The Labute approximate surface area is 118 Å². The molecule has 0 aliphatic heterocycles. The molecular weight excluding hydrogens is 256 g/mol. The van der Waals surface area contributed by atoms with Crippen LogP contribution in [-0.4, -0.2) is 6.54 Å². The molecule has 2 aromatic carbocycles. The van der Waals surface area contributed by atoms with Gasteiger partial charge >= 0.3 is 0 Å². The van der Waals surface area contributed by atoms with Gasteiger partial charge in [0.05, 0.1) is 16.3 Å². The van der Waals surface area contributed by atoms with Gasteiger partial charge in [-0.2, -0.15) is 5.26 Å². The summed E-state index contributed by atoms with van der Waals surface area (Å²) in [5.41, 5.74) is 3.65. The van der Waals surface area contributed by atoms with Gasteiger partial charge in [-0.05, 0) is 37.6 Å². The quantitative estimate of drug-likeness (QED) is 0.810. The van der Waals surface area contributed by atoms with Gasteiger partial charge in [0.2, 0.25) is 0 Å². The number of rotatable bonds is 3. The average molecular weight is 271 g/mol. The van der Waals surface area contributed by atoms with Crippen molar-refractivity contribution in [1.82, 2.24) is 0 Å². The molecule has 0 saturated heterocycles. The molecule has 0 amide bonds. The molecule has 0 aliphatic rings. The van der Waals surface area contributed by atoms with Gasteiger partial charge in [-0.15, -0.1) is 0 Å². The van der Waals surface area contributed by atoms with Crippen LogP contribution in [0.2, 0.25) is 5.02 Å². The van der Waals surface area contributed by atoms with E-state index in [0.29, 0.717) is 10.6 Å². The number of halogens is 1. The molecule has 2 rings (SSSR count). The van der Waals surface area contributed by atoms with Gasteiger partial charge in [-0.25, -0.2) is 0 Å². The molecule has 0 radical (unpaired) electrons. The fraction of sp³-hybridized carbons (Fsp3) is 0.188. The molecular formula is C16H15ClN2. The van der Waals surface area contributed by atoms with Gasteiger partial charge in [0, 0.05) is 12.2 Å². The number of nitrogens with zero attached hydrogens (tertiary/aromatic N) is 2. The first kappa shape index (κ1) is 13.5. The van der Waals surface area contributed by atoms with Crippen LogP contribution in [0.15, 0.2) is 42.5 Å². The summed E-state index contributed by atoms with van der Waals surface area (Å²) in [6.07, 6.45) is 0. The lowest BCUT2D eigenvalue weighted by Crippen LogP contribution is -2.18. The second kappa shape index (κ2) is 5.77. The van der Waals surface area contributed by atoms with Crippen molar-refractivity contribution in [2.24, 2.45) is 0 Å². The van der Waals surface area contributed by atoms with E-state index in [1.54, 1.807) is 6.07 Å². The van der Waals surface area contributed by atoms with Crippen LogP contribution >= 0.6 is 11.6 Å². The summed E-state index contributed by atoms with van der Waals surface area (Å²) in [6, 6.07) is 15.9. The highest BCUT2D eigenvalue weighted by molar-refractivity contribution is 6.32. The highest BCUT2D eigenvalue weighted by Crippen LogP contribution is 2.33. The predicted molar refractivity (Wildman–Crippen MR) is 80.0 cm³/mol. The Hall–Kier alpha value is -1.98. The van der Waals surface area contributed by atoms with Crippen LogP contribution in [0.25, 0.3) is 0 Å². The largest absolute Gasteiger partial charge is 0.340 e. The Kier molecular flexibility index (Phi) is 4.09. The number of anilines is 2. The molecule has 0 atom stereocenters. The zero-order valence-corrected chi connectivity index (χ0v) is 11.8. The summed E-state index contributed by atoms with van der Waals surface area (Å²) in [6.45, 7) is 4.91. The van der Waals surface area contributed by atoms with E-state index in [9.17, 15) is 5.26 Å². The van der Waals surface area contributed by atoms with E-state index in [1.165, 1.54) is 5.56 Å². The van der Waals surface area contributed by atoms with Crippen LogP contribution in [0.4, 0.5) is 11.4 Å². The highest BCUT2D eigenvalue weighted by Gasteiger charge is 2.15. The molecule has 3 heteroatoms. The van der Waals surface area contributed by atoms with E-state index in [4.69, 9.17) is 11.6 Å². The van der Waals surface area contributed by atoms with Gasteiger partial charge < -0.3 is 4.90 Å². The fourth-order valence-corrected chi connectivity index (χ4v) is 2.40. The van der Waals surface area contributed by atoms with E-state index in [1.807, 2.05) is 24.3 Å². The normalized spacial score (nSPS) is 10.0. The maximum absolute atomic E-state index is 9.30. The average Bonchev–Trinajstić information content (AvgIpc) is 2.42. The second-order valence-electron chi connectivity index (χ2n) is 4.28. The topological polar surface area (TPSA) is 27.0 Å². The molecule has 0 saturated carbocycles. The Balaban J connectivity index is 2.59. The minimum absolute atomic E-state index is 0.493. The van der Waals surface area contributed by atoms with Crippen LogP contribution in [0.5, 0.6) is 0 Å². The SMILES string of the molecule is CCN(c1ccccc1C)c1cccc(Cl)c1C#N. The zero-order valence-electron chi connectivity index (χ0n) is 11.0. The fourth-order valence-electron chi connectivity index (χ4n) is 2.19. The third-order valence-corrected chi connectivity index (χ3v) is 3.43. The molecule has 0 aliphatic carbocycles. The first-order chi connectivity index (χ1) is 9.19. The predicted octanol–water partition coefficient (Wildman–Crippen LogP) is 4.68. The molecule has 2 aromatic rings. The second-order valence-corrected chi connectivity index (χ2v) is 4.68. The minimum atomic E-state index is 0.493. The number of hydrogen-bond acceptors (Lipinski definition) is 2. The molecule has 19 heavy (non-hydrogen) atoms. The van der Waals surface area contributed by atoms with E-state index < -0.39 is 0 Å². The Morgan fingerprint density at radius 3 is 2.42 bits per heavy atom. The lowest BCUT2D eigenvalue weighted by molar-refractivity contribution is 1.01. The number of benzene rings is 2. The monoisotopic (exact) mass is 270 g/mol. The number of para-hydroxylation sites is 1. The molecule has 0 unspecified atom stereocenters. The van der Waals surface area contributed by atoms with Gasteiger partial charge in [0.1, 0.15) is 6.07 Å². The first-order valence-electron chi connectivity index (χ1n) is 6.20. The van der Waals surface area contributed by atoms with Gasteiger partial charge in [-0.3, -0.25) is 0 Å². The van der Waals surface area contributed by atoms with Crippen molar-refractivity contribution in [3.8, 4) is 6.07 Å². The van der Waals surface area contributed by atoms with Crippen LogP contribution in [0.3, 0.4) is 0 Å². The lowest BCUT2D eigenvalue weighted by atomic mass is 10.1. The lowest BCUT2D eigenvalue weighted by Gasteiger charge is -2.26. The van der Waals surface area contributed by atoms with Crippen molar-refractivity contribution in [1.29, 1.82) is 5.26 Å². The number of hydrogen-bond donors (Lipinski definition) is 0. The summed E-state index contributed by atoms with van der Waals surface area (Å²) >= 11 is 6.11. The highest BCUT2D eigenvalue weighted by atomic mass is 35.5. The smallest absolute Gasteiger partial charge is 0.103 e. The molecule has 0 N–H and O–H groups in total. The molecule has 0 bridgehead atoms. The zero-order chi connectivity index (χ0) is 13.8. The summed E-state index contributed by atoms with van der Waals surface area (Å²) in [5.74, 6) is 0. The summed E-state index contributed by atoms with van der Waals surface area (Å²) < 4.78 is 0. The van der Waals surface area contributed by atoms with Crippen LogP contribution in [-0.2, 0) is 0 Å². The molecule has 0 fully saturated rings. The Bertz CT molecular complexity index is 629. The van der Waals surface area contributed by atoms with Gasteiger partial charge in [0.15, 0.2) is 0 Å². The van der Waals surface area contributed by atoms with Crippen molar-refractivity contribution < 1.29 is 0 Å². The van der Waals surface area contributed by atoms with Gasteiger partial charge in [0.25, 0.3) is 0 Å². The summed E-state index contributed by atoms with van der Waals surface area (Å²) in [5, 5.41) is 9.79. The van der Waals surface area contributed by atoms with E-state index in [-0.39, 0.29) is 0 Å². The van der Waals surface area contributed by atoms with Crippen LogP contribution in [0, 0.1) is 18.3 Å². The van der Waals surface area contributed by atoms with Crippen molar-refractivity contribution in [3.05, 3.63) is 58.6 Å². The van der Waals surface area contributed by atoms with Crippen LogP contribution < -0.4 is 4.90 Å². The standard InChI is InChI=1S/C16H15ClN2/c1-3-19(15-9-5-4-7-12(15)2)16-10-6-8-14(17)13(16)11-18/h4-10H,3H2,1-2H3. The van der Waals surface area contributed by atoms with Crippen molar-refractivity contribution in [2.45, 2.75) is 13.8 Å². The van der Waals surface area contributed by atoms with Gasteiger partial charge in [-0.1, -0.05) is 35.9 Å². The van der Waals surface area contributed by atoms with E-state index >= 15 is 0 Å². The maximum atomic E-state index is 9.30. The van der Waals surface area contributed by atoms with Crippen molar-refractivity contribution >= 4 is 23.0 Å². The van der Waals surface area contributed by atoms with E-state index in [2.05, 4.69) is 36.9 Å². The minimum Gasteiger partial charge on any atom is -0.340 e. The van der Waals surface area contributed by atoms with Crippen molar-refractivity contribution in [2.75, 3.05) is 11.4 Å².